The predicted molar refractivity (Wildman–Crippen MR) is 108 cm³/mol. The maximum absolute atomic E-state index is 12.1. The molecule has 1 heterocycles. The number of anilines is 2. The number of amides is 2. The maximum atomic E-state index is 12.1. The predicted octanol–water partition coefficient (Wildman–Crippen LogP) is 1.83. The third-order valence-electron chi connectivity index (χ3n) is 3.86. The monoisotopic (exact) mass is 407 g/mol. The topological polar surface area (TPSA) is 151 Å². The first-order valence-electron chi connectivity index (χ1n) is 8.74. The van der Waals surface area contributed by atoms with Gasteiger partial charge in [0, 0.05) is 5.56 Å². The van der Waals surface area contributed by atoms with Gasteiger partial charge in [-0.25, -0.2) is 9.97 Å². The van der Waals surface area contributed by atoms with Crippen molar-refractivity contribution in [3.05, 3.63) is 88.2 Å². The Kier molecular flexibility index (Phi) is 6.46. The Hall–Kier alpha value is -4.54. The van der Waals surface area contributed by atoms with Gasteiger partial charge in [-0.1, -0.05) is 48.5 Å². The Labute approximate surface area is 170 Å². The average molecular weight is 407 g/mol. The Bertz CT molecular complexity index is 1050. The number of carbonyl (C=O) groups excluding carboxylic acids is 2. The van der Waals surface area contributed by atoms with Crippen molar-refractivity contribution < 1.29 is 14.5 Å². The molecule has 0 aliphatic carbocycles. The second kappa shape index (κ2) is 9.59. The maximum Gasteiger partial charge on any atom is 0.356 e. The van der Waals surface area contributed by atoms with E-state index in [0.29, 0.717) is 5.56 Å². The van der Waals surface area contributed by atoms with Crippen molar-refractivity contribution in [3.8, 4) is 0 Å². The third-order valence-corrected chi connectivity index (χ3v) is 3.86. The zero-order valence-corrected chi connectivity index (χ0v) is 15.5. The smallest absolute Gasteiger partial charge is 0.276 e. The second-order valence-electron chi connectivity index (χ2n) is 5.96. The van der Waals surface area contributed by atoms with E-state index < -0.39 is 22.4 Å². The van der Waals surface area contributed by atoms with E-state index in [-0.39, 0.29) is 18.1 Å². The number of hydrazine groups is 2. The minimum absolute atomic E-state index is 0.0744. The van der Waals surface area contributed by atoms with Gasteiger partial charge < -0.3 is 0 Å². The van der Waals surface area contributed by atoms with Gasteiger partial charge in [0.1, 0.15) is 6.33 Å². The first-order valence-corrected chi connectivity index (χ1v) is 8.74. The summed E-state index contributed by atoms with van der Waals surface area (Å²) in [7, 11) is 0. The van der Waals surface area contributed by atoms with E-state index in [0.717, 1.165) is 11.9 Å². The molecule has 0 unspecified atom stereocenters. The van der Waals surface area contributed by atoms with Gasteiger partial charge in [-0.15, -0.1) is 0 Å². The van der Waals surface area contributed by atoms with Crippen LogP contribution in [-0.4, -0.2) is 26.7 Å². The van der Waals surface area contributed by atoms with E-state index in [1.165, 1.54) is 0 Å². The first kappa shape index (κ1) is 20.2. The molecule has 0 bridgehead atoms. The van der Waals surface area contributed by atoms with Crippen LogP contribution in [-0.2, 0) is 11.2 Å². The second-order valence-corrected chi connectivity index (χ2v) is 5.96. The summed E-state index contributed by atoms with van der Waals surface area (Å²) in [6, 6.07) is 17.3. The van der Waals surface area contributed by atoms with Crippen molar-refractivity contribution in [2.45, 2.75) is 6.42 Å². The van der Waals surface area contributed by atoms with Crippen molar-refractivity contribution in [2.24, 2.45) is 0 Å². The molecule has 3 aromatic rings. The largest absolute Gasteiger partial charge is 0.356 e. The molecule has 1 aromatic heterocycles. The number of hydrogen-bond acceptors (Lipinski definition) is 8. The van der Waals surface area contributed by atoms with Crippen molar-refractivity contribution in [2.75, 3.05) is 10.9 Å². The fourth-order valence-corrected chi connectivity index (χ4v) is 2.47. The molecule has 0 saturated carbocycles. The van der Waals surface area contributed by atoms with E-state index in [1.807, 2.05) is 6.07 Å². The van der Waals surface area contributed by atoms with Crippen LogP contribution in [0.3, 0.4) is 0 Å². The van der Waals surface area contributed by atoms with E-state index in [1.54, 1.807) is 54.6 Å². The molecule has 152 valence electrons. The van der Waals surface area contributed by atoms with Gasteiger partial charge in [0.2, 0.25) is 17.5 Å². The van der Waals surface area contributed by atoms with Gasteiger partial charge >= 0.3 is 5.69 Å². The highest BCUT2D eigenvalue weighted by molar-refractivity contribution is 5.95. The van der Waals surface area contributed by atoms with E-state index in [2.05, 4.69) is 31.7 Å². The number of aromatic nitrogens is 2. The summed E-state index contributed by atoms with van der Waals surface area (Å²) in [5.41, 5.74) is 10.1. The Morgan fingerprint density at radius 3 is 2.03 bits per heavy atom. The van der Waals surface area contributed by atoms with Crippen LogP contribution in [0.2, 0.25) is 0 Å². The molecule has 11 heteroatoms. The van der Waals surface area contributed by atoms with Crippen LogP contribution < -0.4 is 21.7 Å². The first-order chi connectivity index (χ1) is 14.5. The van der Waals surface area contributed by atoms with Gasteiger partial charge in [0.25, 0.3) is 5.91 Å². The van der Waals surface area contributed by atoms with E-state index in [9.17, 15) is 19.7 Å². The van der Waals surface area contributed by atoms with E-state index >= 15 is 0 Å². The summed E-state index contributed by atoms with van der Waals surface area (Å²) in [5, 5.41) is 11.5. The quantitative estimate of drug-likeness (QED) is 0.326. The lowest BCUT2D eigenvalue weighted by molar-refractivity contribution is -0.383. The normalized spacial score (nSPS) is 10.0. The fraction of sp³-hybridized carbons (Fsp3) is 0.0526. The number of hydrogen-bond donors (Lipinski definition) is 4. The molecule has 0 atom stereocenters. The zero-order chi connectivity index (χ0) is 21.3. The number of carbonyl (C=O) groups is 2. The number of nitrogens with one attached hydrogen (secondary N) is 4. The molecule has 4 N–H and O–H groups in total. The number of rotatable bonds is 8. The zero-order valence-electron chi connectivity index (χ0n) is 15.5. The van der Waals surface area contributed by atoms with Gasteiger partial charge in [0.05, 0.1) is 11.3 Å². The van der Waals surface area contributed by atoms with Crippen molar-refractivity contribution in [1.82, 2.24) is 20.8 Å². The third kappa shape index (κ3) is 5.25. The summed E-state index contributed by atoms with van der Waals surface area (Å²) in [5.74, 6) is -1.41. The Morgan fingerprint density at radius 2 is 1.43 bits per heavy atom. The average Bonchev–Trinajstić information content (AvgIpc) is 2.77. The molecule has 3 rings (SSSR count). The SMILES string of the molecule is O=C(Cc1ccccc1)NNc1ncnc(NNC(=O)c2ccccc2)c1[N+](=O)[O-]. The lowest BCUT2D eigenvalue weighted by Crippen LogP contribution is -2.32. The van der Waals surface area contributed by atoms with E-state index in [4.69, 9.17) is 0 Å². The van der Waals surface area contributed by atoms with Crippen LogP contribution in [0.1, 0.15) is 15.9 Å². The Balaban J connectivity index is 1.67. The molecule has 11 nitrogen and oxygen atoms in total. The number of nitro groups is 1. The molecule has 0 aliphatic rings. The molecule has 0 fully saturated rings. The minimum atomic E-state index is -0.733. The van der Waals surface area contributed by atoms with Gasteiger partial charge in [-0.2, -0.15) is 0 Å². The molecule has 0 aliphatic heterocycles. The van der Waals surface area contributed by atoms with Crippen molar-refractivity contribution >= 4 is 29.1 Å². The fourth-order valence-electron chi connectivity index (χ4n) is 2.47. The van der Waals surface area contributed by atoms with Gasteiger partial charge in [0.15, 0.2) is 0 Å². The molecular weight excluding hydrogens is 390 g/mol. The molecule has 0 radical (unpaired) electrons. The minimum Gasteiger partial charge on any atom is -0.276 e. The number of benzene rings is 2. The van der Waals surface area contributed by atoms with Crippen molar-refractivity contribution in [1.29, 1.82) is 0 Å². The number of nitrogens with zero attached hydrogens (tertiary/aromatic N) is 3. The van der Waals surface area contributed by atoms with Gasteiger partial charge in [-0.3, -0.25) is 41.4 Å². The molecule has 0 saturated heterocycles. The highest BCUT2D eigenvalue weighted by Crippen LogP contribution is 2.27. The molecule has 0 spiro atoms. The summed E-state index contributed by atoms with van der Waals surface area (Å²) in [6.45, 7) is 0. The van der Waals surface area contributed by atoms with Crippen molar-refractivity contribution in [3.63, 3.8) is 0 Å². The lowest BCUT2D eigenvalue weighted by atomic mass is 10.1. The highest BCUT2D eigenvalue weighted by Gasteiger charge is 2.24. The molecule has 30 heavy (non-hydrogen) atoms. The van der Waals surface area contributed by atoms with Crippen LogP contribution in [0.4, 0.5) is 17.3 Å². The molecule has 2 amide bonds. The highest BCUT2D eigenvalue weighted by atomic mass is 16.6. The molecule has 2 aromatic carbocycles. The lowest BCUT2D eigenvalue weighted by Gasteiger charge is -2.11. The van der Waals surface area contributed by atoms with Crippen LogP contribution in [0.25, 0.3) is 0 Å². The Morgan fingerprint density at radius 1 is 0.867 bits per heavy atom. The van der Waals surface area contributed by atoms with Gasteiger partial charge in [-0.05, 0) is 17.7 Å². The summed E-state index contributed by atoms with van der Waals surface area (Å²) < 4.78 is 0. The summed E-state index contributed by atoms with van der Waals surface area (Å²) in [4.78, 5) is 42.5. The standard InChI is InChI=1S/C19H17N7O4/c27-15(11-13-7-3-1-4-8-13)22-23-17-16(26(29)30)18(21-12-20-17)24-25-19(28)14-9-5-2-6-10-14/h1-10,12H,11H2,(H,22,27)(H,25,28)(H2,20,21,23,24). The van der Waals surface area contributed by atoms with Crippen LogP contribution >= 0.6 is 0 Å². The summed E-state index contributed by atoms with van der Waals surface area (Å²) in [6.07, 6.45) is 1.13. The van der Waals surface area contributed by atoms with Crippen LogP contribution in [0, 0.1) is 10.1 Å². The summed E-state index contributed by atoms with van der Waals surface area (Å²) >= 11 is 0. The van der Waals surface area contributed by atoms with Crippen LogP contribution in [0.5, 0.6) is 0 Å². The van der Waals surface area contributed by atoms with Crippen LogP contribution in [0.15, 0.2) is 67.0 Å². The molecular formula is C19H17N7O4.